The standard InChI is InChI=1S/C20H24N2O5S2.ClH/c1-25-16-4-2-15(3-5-16)14-17-19(24)22(20(28)29-17)7-6-18(23)27-13-10-21-8-11-26-12-9-21;/h2-5,14H,6-13H2,1H3;1H/b17-14-;. The molecule has 1 amide bonds. The first-order valence-electron chi connectivity index (χ1n) is 9.42. The number of benzene rings is 1. The van der Waals surface area contributed by atoms with Crippen LogP contribution >= 0.6 is 36.4 Å². The molecule has 0 unspecified atom stereocenters. The number of hydrogen-bond donors (Lipinski definition) is 0. The summed E-state index contributed by atoms with van der Waals surface area (Å²) in [6.07, 6.45) is 1.91. The van der Waals surface area contributed by atoms with Crippen LogP contribution in [0.5, 0.6) is 5.75 Å². The number of hydrogen-bond acceptors (Lipinski definition) is 8. The maximum absolute atomic E-state index is 12.6. The Morgan fingerprint density at radius 2 is 1.93 bits per heavy atom. The molecule has 2 fully saturated rings. The first-order valence-corrected chi connectivity index (χ1v) is 10.6. The zero-order valence-corrected chi connectivity index (χ0v) is 19.2. The number of nitrogens with zero attached hydrogens (tertiary/aromatic N) is 2. The molecule has 7 nitrogen and oxygen atoms in total. The molecule has 0 aromatic heterocycles. The van der Waals surface area contributed by atoms with Crippen molar-refractivity contribution in [2.45, 2.75) is 6.42 Å². The Bertz CT molecular complexity index is 782. The average Bonchev–Trinajstić information content (AvgIpc) is 3.00. The molecule has 0 N–H and O–H groups in total. The topological polar surface area (TPSA) is 68.3 Å². The molecular formula is C20H25ClN2O5S2. The number of thiocarbonyl (C=S) groups is 1. The number of methoxy groups -OCH3 is 1. The lowest BCUT2D eigenvalue weighted by atomic mass is 10.2. The van der Waals surface area contributed by atoms with Gasteiger partial charge in [0.05, 0.1) is 31.6 Å². The lowest BCUT2D eigenvalue weighted by Crippen LogP contribution is -2.38. The summed E-state index contributed by atoms with van der Waals surface area (Å²) in [5.41, 5.74) is 0.883. The second-order valence-electron chi connectivity index (χ2n) is 6.53. The van der Waals surface area contributed by atoms with Gasteiger partial charge in [0.25, 0.3) is 5.91 Å². The minimum absolute atomic E-state index is 0. The highest BCUT2D eigenvalue weighted by Gasteiger charge is 2.32. The zero-order valence-electron chi connectivity index (χ0n) is 16.7. The minimum atomic E-state index is -0.327. The van der Waals surface area contributed by atoms with Crippen LogP contribution in [0.25, 0.3) is 6.08 Å². The minimum Gasteiger partial charge on any atom is -0.497 e. The largest absolute Gasteiger partial charge is 0.497 e. The van der Waals surface area contributed by atoms with Crippen LogP contribution in [0.2, 0.25) is 0 Å². The molecule has 0 atom stereocenters. The summed E-state index contributed by atoms with van der Waals surface area (Å²) >= 11 is 6.55. The number of ether oxygens (including phenoxy) is 3. The van der Waals surface area contributed by atoms with Gasteiger partial charge in [0, 0.05) is 26.2 Å². The fourth-order valence-corrected chi connectivity index (χ4v) is 4.24. The lowest BCUT2D eigenvalue weighted by molar-refractivity contribution is -0.144. The third-order valence-corrected chi connectivity index (χ3v) is 5.98. The van der Waals surface area contributed by atoms with Crippen molar-refractivity contribution in [3.05, 3.63) is 34.7 Å². The second kappa shape index (κ2) is 12.3. The van der Waals surface area contributed by atoms with Crippen LogP contribution in [0.4, 0.5) is 0 Å². The average molecular weight is 473 g/mol. The van der Waals surface area contributed by atoms with Crippen molar-refractivity contribution < 1.29 is 23.8 Å². The Balaban J connectivity index is 0.00000320. The quantitative estimate of drug-likeness (QED) is 0.325. The molecule has 0 radical (unpaired) electrons. The number of esters is 1. The maximum Gasteiger partial charge on any atom is 0.307 e. The van der Waals surface area contributed by atoms with Crippen LogP contribution in [0.1, 0.15) is 12.0 Å². The summed E-state index contributed by atoms with van der Waals surface area (Å²) in [5.74, 6) is 0.241. The Morgan fingerprint density at radius 3 is 2.60 bits per heavy atom. The number of morpholine rings is 1. The van der Waals surface area contributed by atoms with E-state index < -0.39 is 0 Å². The summed E-state index contributed by atoms with van der Waals surface area (Å²) in [5, 5.41) is 0. The maximum atomic E-state index is 12.6. The first-order chi connectivity index (χ1) is 14.1. The smallest absolute Gasteiger partial charge is 0.307 e. The summed E-state index contributed by atoms with van der Waals surface area (Å²) in [6, 6.07) is 7.41. The fourth-order valence-electron chi connectivity index (χ4n) is 2.93. The van der Waals surface area contributed by atoms with E-state index in [0.717, 1.165) is 24.4 Å². The third-order valence-electron chi connectivity index (χ3n) is 4.60. The van der Waals surface area contributed by atoms with E-state index in [1.807, 2.05) is 24.3 Å². The lowest BCUT2D eigenvalue weighted by Gasteiger charge is -2.26. The van der Waals surface area contributed by atoms with E-state index in [4.69, 9.17) is 26.4 Å². The molecule has 30 heavy (non-hydrogen) atoms. The molecule has 3 rings (SSSR count). The van der Waals surface area contributed by atoms with E-state index in [1.54, 1.807) is 13.2 Å². The molecule has 0 saturated carbocycles. The number of thioether (sulfide) groups is 1. The molecule has 2 saturated heterocycles. The Labute approximate surface area is 192 Å². The van der Waals surface area contributed by atoms with E-state index in [-0.39, 0.29) is 37.2 Å². The highest BCUT2D eigenvalue weighted by Crippen LogP contribution is 2.32. The Kier molecular flexibility index (Phi) is 10.1. The molecule has 2 aliphatic heterocycles. The number of halogens is 1. The molecule has 0 aliphatic carbocycles. The van der Waals surface area contributed by atoms with Gasteiger partial charge in [-0.25, -0.2) is 0 Å². The van der Waals surface area contributed by atoms with Gasteiger partial charge in [0.15, 0.2) is 0 Å². The van der Waals surface area contributed by atoms with Gasteiger partial charge in [-0.2, -0.15) is 0 Å². The Hall–Kier alpha value is -1.65. The van der Waals surface area contributed by atoms with Crippen molar-refractivity contribution in [3.8, 4) is 5.75 Å². The zero-order chi connectivity index (χ0) is 20.6. The monoisotopic (exact) mass is 472 g/mol. The van der Waals surface area contributed by atoms with Crippen molar-refractivity contribution in [2.24, 2.45) is 0 Å². The van der Waals surface area contributed by atoms with Gasteiger partial charge in [-0.15, -0.1) is 12.4 Å². The van der Waals surface area contributed by atoms with Crippen LogP contribution in [0.3, 0.4) is 0 Å². The van der Waals surface area contributed by atoms with Gasteiger partial charge >= 0.3 is 5.97 Å². The summed E-state index contributed by atoms with van der Waals surface area (Å²) < 4.78 is 16.2. The number of amides is 1. The number of carbonyl (C=O) groups is 2. The van der Waals surface area contributed by atoms with Gasteiger partial charge in [-0.1, -0.05) is 36.1 Å². The predicted molar refractivity (Wildman–Crippen MR) is 123 cm³/mol. The first kappa shape index (κ1) is 24.6. The normalized spacial score (nSPS) is 18.4. The summed E-state index contributed by atoms with van der Waals surface area (Å²) in [7, 11) is 1.60. The van der Waals surface area contributed by atoms with Gasteiger partial charge in [0.1, 0.15) is 16.7 Å². The van der Waals surface area contributed by atoms with Crippen molar-refractivity contribution in [3.63, 3.8) is 0 Å². The highest BCUT2D eigenvalue weighted by atomic mass is 35.5. The van der Waals surface area contributed by atoms with E-state index in [1.165, 1.54) is 16.7 Å². The third kappa shape index (κ3) is 6.95. The Morgan fingerprint density at radius 1 is 1.23 bits per heavy atom. The molecule has 2 heterocycles. The van der Waals surface area contributed by atoms with Gasteiger partial charge in [-0.3, -0.25) is 19.4 Å². The molecule has 10 heteroatoms. The summed E-state index contributed by atoms with van der Waals surface area (Å²) in [6.45, 7) is 4.40. The molecule has 164 valence electrons. The second-order valence-corrected chi connectivity index (χ2v) is 8.21. The molecule has 0 spiro atoms. The van der Waals surface area contributed by atoms with Crippen LogP contribution in [0.15, 0.2) is 29.2 Å². The van der Waals surface area contributed by atoms with Crippen molar-refractivity contribution in [2.75, 3.05) is 53.1 Å². The van der Waals surface area contributed by atoms with Gasteiger partial charge < -0.3 is 14.2 Å². The molecule has 1 aromatic rings. The van der Waals surface area contributed by atoms with Crippen molar-refractivity contribution in [1.29, 1.82) is 0 Å². The van der Waals surface area contributed by atoms with E-state index in [0.29, 0.717) is 35.6 Å². The molecule has 2 aliphatic rings. The van der Waals surface area contributed by atoms with Gasteiger partial charge in [-0.05, 0) is 23.8 Å². The predicted octanol–water partition coefficient (Wildman–Crippen LogP) is 2.58. The van der Waals surface area contributed by atoms with E-state index in [9.17, 15) is 9.59 Å². The molecule has 0 bridgehead atoms. The summed E-state index contributed by atoms with van der Waals surface area (Å²) in [4.78, 5) is 28.8. The highest BCUT2D eigenvalue weighted by molar-refractivity contribution is 8.26. The molecule has 1 aromatic carbocycles. The number of carbonyl (C=O) groups excluding carboxylic acids is 2. The van der Waals surface area contributed by atoms with Crippen LogP contribution in [-0.2, 0) is 19.1 Å². The number of rotatable bonds is 8. The van der Waals surface area contributed by atoms with Crippen LogP contribution in [-0.4, -0.2) is 79.1 Å². The van der Waals surface area contributed by atoms with Crippen LogP contribution in [0, 0.1) is 0 Å². The van der Waals surface area contributed by atoms with Gasteiger partial charge in [0.2, 0.25) is 0 Å². The fraction of sp³-hybridized carbons (Fsp3) is 0.450. The van der Waals surface area contributed by atoms with Crippen LogP contribution < -0.4 is 4.74 Å². The van der Waals surface area contributed by atoms with E-state index >= 15 is 0 Å². The van der Waals surface area contributed by atoms with E-state index in [2.05, 4.69) is 4.90 Å². The SMILES string of the molecule is COc1ccc(/C=C2\SC(=S)N(CCC(=O)OCCN3CCOCC3)C2=O)cc1.Cl. The van der Waals surface area contributed by atoms with Crippen molar-refractivity contribution >= 4 is 58.7 Å². The molecular weight excluding hydrogens is 448 g/mol. The van der Waals surface area contributed by atoms with Crippen molar-refractivity contribution in [1.82, 2.24) is 9.80 Å².